The Kier molecular flexibility index (Phi) is 4.35. The first-order chi connectivity index (χ1) is 8.59. The summed E-state index contributed by atoms with van der Waals surface area (Å²) in [6, 6.07) is 4.55. The van der Waals surface area contributed by atoms with Crippen molar-refractivity contribution >= 4 is 21.8 Å². The maximum Gasteiger partial charge on any atom is 0.258 e. The number of hydrogen-bond acceptors (Lipinski definition) is 2. The van der Waals surface area contributed by atoms with E-state index in [-0.39, 0.29) is 17.6 Å². The van der Waals surface area contributed by atoms with Gasteiger partial charge in [-0.2, -0.15) is 0 Å². The van der Waals surface area contributed by atoms with E-state index < -0.39 is 5.82 Å². The summed E-state index contributed by atoms with van der Waals surface area (Å²) in [5, 5.41) is 0. The minimum atomic E-state index is -0.493. The SMILES string of the molecule is CC1CN(C(=O)c2c(F)cccc2Br)CCCO1. The van der Waals surface area contributed by atoms with Gasteiger partial charge in [-0.15, -0.1) is 0 Å². The number of ether oxygens (including phenoxy) is 1. The van der Waals surface area contributed by atoms with E-state index in [1.807, 2.05) is 6.92 Å². The van der Waals surface area contributed by atoms with Gasteiger partial charge >= 0.3 is 0 Å². The van der Waals surface area contributed by atoms with Gasteiger partial charge in [-0.25, -0.2) is 4.39 Å². The maximum absolute atomic E-state index is 13.7. The number of halogens is 2. The standard InChI is InChI=1S/C13H15BrFNO2/c1-9-8-16(6-3-7-18-9)13(17)12-10(14)4-2-5-11(12)15/h2,4-5,9H,3,6-8H2,1H3. The summed E-state index contributed by atoms with van der Waals surface area (Å²) in [5.74, 6) is -0.774. The van der Waals surface area contributed by atoms with Gasteiger partial charge in [0.25, 0.3) is 5.91 Å². The van der Waals surface area contributed by atoms with Crippen LogP contribution in [0.5, 0.6) is 0 Å². The van der Waals surface area contributed by atoms with Gasteiger partial charge in [0, 0.05) is 24.2 Å². The fourth-order valence-electron chi connectivity index (χ4n) is 2.04. The number of carbonyl (C=O) groups excluding carboxylic acids is 1. The lowest BCUT2D eigenvalue weighted by atomic mass is 10.1. The molecule has 3 nitrogen and oxygen atoms in total. The van der Waals surface area contributed by atoms with Gasteiger partial charge in [-0.3, -0.25) is 4.79 Å². The quantitative estimate of drug-likeness (QED) is 0.797. The lowest BCUT2D eigenvalue weighted by molar-refractivity contribution is 0.0559. The second-order valence-electron chi connectivity index (χ2n) is 4.38. The molecule has 0 spiro atoms. The third-order valence-electron chi connectivity index (χ3n) is 2.92. The third kappa shape index (κ3) is 2.90. The summed E-state index contributed by atoms with van der Waals surface area (Å²) in [5.41, 5.74) is 0.103. The van der Waals surface area contributed by atoms with E-state index in [2.05, 4.69) is 15.9 Å². The highest BCUT2D eigenvalue weighted by Crippen LogP contribution is 2.22. The Labute approximate surface area is 114 Å². The van der Waals surface area contributed by atoms with E-state index in [4.69, 9.17) is 4.74 Å². The Morgan fingerprint density at radius 2 is 2.33 bits per heavy atom. The van der Waals surface area contributed by atoms with Crippen molar-refractivity contribution in [1.29, 1.82) is 0 Å². The van der Waals surface area contributed by atoms with Gasteiger partial charge in [0.2, 0.25) is 0 Å². The molecule has 1 aliphatic rings. The molecular weight excluding hydrogens is 301 g/mol. The molecule has 98 valence electrons. The highest BCUT2D eigenvalue weighted by Gasteiger charge is 2.24. The Bertz CT molecular complexity index is 432. The van der Waals surface area contributed by atoms with Crippen molar-refractivity contribution < 1.29 is 13.9 Å². The number of benzene rings is 1. The molecular formula is C13H15BrFNO2. The average Bonchev–Trinajstić information content (AvgIpc) is 2.53. The van der Waals surface area contributed by atoms with Gasteiger partial charge in [-0.05, 0) is 41.4 Å². The molecule has 1 atom stereocenters. The molecule has 1 aliphatic heterocycles. The van der Waals surface area contributed by atoms with Crippen molar-refractivity contribution in [3.63, 3.8) is 0 Å². The third-order valence-corrected chi connectivity index (χ3v) is 3.58. The number of rotatable bonds is 1. The number of carbonyl (C=O) groups is 1. The van der Waals surface area contributed by atoms with Crippen molar-refractivity contribution in [2.24, 2.45) is 0 Å². The van der Waals surface area contributed by atoms with Crippen molar-refractivity contribution in [3.8, 4) is 0 Å². The zero-order chi connectivity index (χ0) is 13.1. The summed E-state index contributed by atoms with van der Waals surface area (Å²) in [6.07, 6.45) is 0.768. The smallest absolute Gasteiger partial charge is 0.258 e. The molecule has 1 unspecified atom stereocenters. The summed E-state index contributed by atoms with van der Waals surface area (Å²) < 4.78 is 19.7. The fourth-order valence-corrected chi connectivity index (χ4v) is 2.55. The first-order valence-electron chi connectivity index (χ1n) is 5.94. The second kappa shape index (κ2) is 5.80. The van der Waals surface area contributed by atoms with Crippen molar-refractivity contribution in [3.05, 3.63) is 34.1 Å². The van der Waals surface area contributed by atoms with Crippen LogP contribution in [0, 0.1) is 5.82 Å². The zero-order valence-corrected chi connectivity index (χ0v) is 11.7. The molecule has 1 saturated heterocycles. The molecule has 0 aromatic heterocycles. The first kappa shape index (κ1) is 13.5. The average molecular weight is 316 g/mol. The topological polar surface area (TPSA) is 29.5 Å². The van der Waals surface area contributed by atoms with Crippen LogP contribution in [0.25, 0.3) is 0 Å². The van der Waals surface area contributed by atoms with Crippen LogP contribution in [-0.4, -0.2) is 36.6 Å². The van der Waals surface area contributed by atoms with Gasteiger partial charge < -0.3 is 9.64 Å². The van der Waals surface area contributed by atoms with Crippen molar-refractivity contribution in [2.45, 2.75) is 19.4 Å². The lowest BCUT2D eigenvalue weighted by Gasteiger charge is -2.22. The van der Waals surface area contributed by atoms with Crippen LogP contribution in [0.3, 0.4) is 0 Å². The van der Waals surface area contributed by atoms with Gasteiger partial charge in [-0.1, -0.05) is 6.07 Å². The molecule has 1 heterocycles. The molecule has 0 saturated carbocycles. The van der Waals surface area contributed by atoms with Crippen LogP contribution in [0.15, 0.2) is 22.7 Å². The highest BCUT2D eigenvalue weighted by molar-refractivity contribution is 9.10. The molecule has 1 fully saturated rings. The van der Waals surface area contributed by atoms with Crippen molar-refractivity contribution in [2.75, 3.05) is 19.7 Å². The monoisotopic (exact) mass is 315 g/mol. The largest absolute Gasteiger partial charge is 0.377 e. The highest BCUT2D eigenvalue weighted by atomic mass is 79.9. The number of nitrogens with zero attached hydrogens (tertiary/aromatic N) is 1. The minimum Gasteiger partial charge on any atom is -0.377 e. The molecule has 1 aromatic carbocycles. The molecule has 2 rings (SSSR count). The minimum absolute atomic E-state index is 0.0120. The predicted molar refractivity (Wildman–Crippen MR) is 70.0 cm³/mol. The van der Waals surface area contributed by atoms with Gasteiger partial charge in [0.15, 0.2) is 0 Å². The number of amides is 1. The summed E-state index contributed by atoms with van der Waals surface area (Å²) in [4.78, 5) is 14.0. The molecule has 5 heteroatoms. The van der Waals surface area contributed by atoms with E-state index in [0.29, 0.717) is 24.2 Å². The number of hydrogen-bond donors (Lipinski definition) is 0. The maximum atomic E-state index is 13.7. The van der Waals surface area contributed by atoms with Crippen LogP contribution in [0.4, 0.5) is 4.39 Å². The van der Waals surface area contributed by atoms with Crippen molar-refractivity contribution in [1.82, 2.24) is 4.90 Å². The summed E-state index contributed by atoms with van der Waals surface area (Å²) in [6.45, 7) is 3.66. The van der Waals surface area contributed by atoms with E-state index in [0.717, 1.165) is 6.42 Å². The molecule has 0 radical (unpaired) electrons. The molecule has 0 aliphatic carbocycles. The Hall–Kier alpha value is -0.940. The molecule has 0 bridgehead atoms. The first-order valence-corrected chi connectivity index (χ1v) is 6.74. The van der Waals surface area contributed by atoms with E-state index in [1.54, 1.807) is 17.0 Å². The molecule has 1 aromatic rings. The summed E-state index contributed by atoms with van der Waals surface area (Å²) >= 11 is 3.23. The molecule has 1 amide bonds. The Morgan fingerprint density at radius 3 is 3.06 bits per heavy atom. The van der Waals surface area contributed by atoms with Crippen LogP contribution < -0.4 is 0 Å². The second-order valence-corrected chi connectivity index (χ2v) is 5.24. The van der Waals surface area contributed by atoms with E-state index in [9.17, 15) is 9.18 Å². The van der Waals surface area contributed by atoms with Crippen LogP contribution in [0.1, 0.15) is 23.7 Å². The van der Waals surface area contributed by atoms with Crippen LogP contribution in [0.2, 0.25) is 0 Å². The molecule has 18 heavy (non-hydrogen) atoms. The van der Waals surface area contributed by atoms with E-state index >= 15 is 0 Å². The predicted octanol–water partition coefficient (Wildman–Crippen LogP) is 2.84. The zero-order valence-electron chi connectivity index (χ0n) is 10.2. The van der Waals surface area contributed by atoms with Crippen LogP contribution in [-0.2, 0) is 4.74 Å². The summed E-state index contributed by atoms with van der Waals surface area (Å²) in [7, 11) is 0. The van der Waals surface area contributed by atoms with Gasteiger partial charge in [0.05, 0.1) is 11.7 Å². The Morgan fingerprint density at radius 1 is 1.56 bits per heavy atom. The van der Waals surface area contributed by atoms with Gasteiger partial charge in [0.1, 0.15) is 5.82 Å². The Balaban J connectivity index is 2.24. The fraction of sp³-hybridized carbons (Fsp3) is 0.462. The molecule has 0 N–H and O–H groups in total. The lowest BCUT2D eigenvalue weighted by Crippen LogP contribution is -2.36. The normalized spacial score (nSPS) is 20.6. The van der Waals surface area contributed by atoms with E-state index in [1.165, 1.54) is 6.07 Å². The van der Waals surface area contributed by atoms with Crippen LogP contribution >= 0.6 is 15.9 Å².